The van der Waals surface area contributed by atoms with Crippen LogP contribution in [0.4, 0.5) is 18.9 Å². The summed E-state index contributed by atoms with van der Waals surface area (Å²) in [7, 11) is 0. The number of alkyl halides is 3. The van der Waals surface area contributed by atoms with E-state index in [0.717, 1.165) is 49.1 Å². The third-order valence-corrected chi connectivity index (χ3v) is 7.00. The molecule has 0 spiro atoms. The van der Waals surface area contributed by atoms with Crippen molar-refractivity contribution in [2.45, 2.75) is 51.1 Å². The van der Waals surface area contributed by atoms with Gasteiger partial charge in [-0.25, -0.2) is 0 Å². The van der Waals surface area contributed by atoms with E-state index in [1.807, 2.05) is 0 Å². The first kappa shape index (κ1) is 22.6. The Labute approximate surface area is 184 Å². The molecule has 4 fully saturated rings. The average molecular weight is 452 g/mol. The first-order valence-corrected chi connectivity index (χ1v) is 11.0. The molecule has 4 bridgehead atoms. The van der Waals surface area contributed by atoms with E-state index in [4.69, 9.17) is 4.74 Å². The van der Waals surface area contributed by atoms with Crippen molar-refractivity contribution < 1.29 is 32.3 Å². The Balaban J connectivity index is 1.20. The van der Waals surface area contributed by atoms with Gasteiger partial charge in [0.15, 0.2) is 6.61 Å². The Morgan fingerprint density at radius 3 is 2.16 bits per heavy atom. The van der Waals surface area contributed by atoms with E-state index in [1.54, 1.807) is 0 Å². The minimum Gasteiger partial charge on any atom is -0.454 e. The van der Waals surface area contributed by atoms with Crippen LogP contribution >= 0.6 is 0 Å². The second-order valence-electron chi connectivity index (χ2n) is 9.62. The molecule has 4 saturated carbocycles. The molecule has 1 aromatic carbocycles. The lowest BCUT2D eigenvalue weighted by Gasteiger charge is -2.56. The molecule has 0 unspecified atom stereocenters. The molecule has 0 heterocycles. The third kappa shape index (κ3) is 5.24. The van der Waals surface area contributed by atoms with Crippen LogP contribution in [0.3, 0.4) is 0 Å². The van der Waals surface area contributed by atoms with Gasteiger partial charge in [-0.2, -0.15) is 13.2 Å². The van der Waals surface area contributed by atoms with Gasteiger partial charge < -0.3 is 15.4 Å². The van der Waals surface area contributed by atoms with E-state index >= 15 is 0 Å². The number of ether oxygens (including phenoxy) is 1. The first-order chi connectivity index (χ1) is 15.1. The highest BCUT2D eigenvalue weighted by molar-refractivity contribution is 5.94. The quantitative estimate of drug-likeness (QED) is 0.615. The maximum Gasteiger partial charge on any atom is 0.418 e. The van der Waals surface area contributed by atoms with Crippen molar-refractivity contribution in [1.29, 1.82) is 0 Å². The number of hydrogen-bond acceptors (Lipinski definition) is 4. The van der Waals surface area contributed by atoms with E-state index in [9.17, 15) is 27.6 Å². The molecule has 0 aromatic heterocycles. The number of nitrogens with one attached hydrogen (secondary N) is 2. The van der Waals surface area contributed by atoms with E-state index in [1.165, 1.54) is 31.4 Å². The van der Waals surface area contributed by atoms with Gasteiger partial charge in [-0.3, -0.25) is 14.4 Å². The molecule has 4 aliphatic carbocycles. The lowest BCUT2D eigenvalue weighted by molar-refractivity contribution is -0.147. The topological polar surface area (TPSA) is 84.5 Å². The van der Waals surface area contributed by atoms with Gasteiger partial charge in [0.2, 0.25) is 5.91 Å². The molecule has 0 saturated heterocycles. The summed E-state index contributed by atoms with van der Waals surface area (Å²) in [5.41, 5.74) is -1.35. The van der Waals surface area contributed by atoms with Crippen LogP contribution in [0.5, 0.6) is 0 Å². The highest BCUT2D eigenvalue weighted by Gasteiger charge is 2.51. The Bertz CT molecular complexity index is 864. The minimum absolute atomic E-state index is 0.0501. The largest absolute Gasteiger partial charge is 0.454 e. The molecule has 0 atom stereocenters. The van der Waals surface area contributed by atoms with Crippen LogP contribution in [0.15, 0.2) is 24.3 Å². The van der Waals surface area contributed by atoms with Crippen molar-refractivity contribution in [2.24, 2.45) is 23.2 Å². The summed E-state index contributed by atoms with van der Waals surface area (Å²) < 4.78 is 43.7. The van der Waals surface area contributed by atoms with Gasteiger partial charge in [0.05, 0.1) is 11.3 Å². The van der Waals surface area contributed by atoms with Gasteiger partial charge >= 0.3 is 12.1 Å². The molecule has 5 rings (SSSR count). The molecule has 32 heavy (non-hydrogen) atoms. The second kappa shape index (κ2) is 8.75. The SMILES string of the molecule is O=C(CC12CC3CC(CC(C3)C1)C2)NCC(=O)OCC(=O)Nc1ccccc1C(F)(F)F. The fraction of sp³-hybridized carbons (Fsp3) is 0.609. The first-order valence-electron chi connectivity index (χ1n) is 11.0. The van der Waals surface area contributed by atoms with Crippen LogP contribution < -0.4 is 10.6 Å². The molecule has 1 aromatic rings. The number of anilines is 1. The van der Waals surface area contributed by atoms with Gasteiger partial charge in [-0.05, 0) is 73.8 Å². The van der Waals surface area contributed by atoms with E-state index < -0.39 is 35.9 Å². The summed E-state index contributed by atoms with van der Waals surface area (Å²) >= 11 is 0. The van der Waals surface area contributed by atoms with Gasteiger partial charge in [-0.15, -0.1) is 0 Å². The van der Waals surface area contributed by atoms with E-state index in [-0.39, 0.29) is 17.9 Å². The van der Waals surface area contributed by atoms with Crippen molar-refractivity contribution >= 4 is 23.5 Å². The van der Waals surface area contributed by atoms with Crippen molar-refractivity contribution in [1.82, 2.24) is 5.32 Å². The van der Waals surface area contributed by atoms with Crippen molar-refractivity contribution in [3.05, 3.63) is 29.8 Å². The van der Waals surface area contributed by atoms with Crippen LogP contribution in [0.1, 0.15) is 50.5 Å². The van der Waals surface area contributed by atoms with Gasteiger partial charge in [0.1, 0.15) is 6.54 Å². The summed E-state index contributed by atoms with van der Waals surface area (Å²) in [6.07, 6.45) is 2.86. The molecule has 4 aliphatic rings. The zero-order valence-electron chi connectivity index (χ0n) is 17.7. The summed E-state index contributed by atoms with van der Waals surface area (Å²) in [6.45, 7) is -1.12. The lowest BCUT2D eigenvalue weighted by atomic mass is 9.49. The van der Waals surface area contributed by atoms with Crippen LogP contribution in [0.2, 0.25) is 0 Å². The minimum atomic E-state index is -4.62. The highest BCUT2D eigenvalue weighted by Crippen LogP contribution is 2.61. The van der Waals surface area contributed by atoms with Crippen molar-refractivity contribution in [3.8, 4) is 0 Å². The lowest BCUT2D eigenvalue weighted by Crippen LogP contribution is -2.48. The van der Waals surface area contributed by atoms with Gasteiger partial charge in [-0.1, -0.05) is 12.1 Å². The summed E-state index contributed by atoms with van der Waals surface area (Å²) in [5.74, 6) is 0.255. The Morgan fingerprint density at radius 2 is 1.56 bits per heavy atom. The summed E-state index contributed by atoms with van der Waals surface area (Å²) in [6, 6.07) is 4.54. The molecule has 9 heteroatoms. The van der Waals surface area contributed by atoms with Crippen LogP contribution in [0, 0.1) is 23.2 Å². The van der Waals surface area contributed by atoms with Gasteiger partial charge in [0, 0.05) is 6.42 Å². The Morgan fingerprint density at radius 1 is 0.969 bits per heavy atom. The third-order valence-electron chi connectivity index (χ3n) is 7.00. The highest BCUT2D eigenvalue weighted by atomic mass is 19.4. The smallest absolute Gasteiger partial charge is 0.418 e. The monoisotopic (exact) mass is 452 g/mol. The molecular formula is C23H27F3N2O4. The molecule has 6 nitrogen and oxygen atoms in total. The number of carbonyl (C=O) groups is 3. The normalized spacial score (nSPS) is 28.3. The Kier molecular flexibility index (Phi) is 6.18. The summed E-state index contributed by atoms with van der Waals surface area (Å²) in [5, 5.41) is 4.67. The molecule has 0 aliphatic heterocycles. The molecular weight excluding hydrogens is 425 g/mol. The zero-order valence-corrected chi connectivity index (χ0v) is 17.7. The second-order valence-corrected chi connectivity index (χ2v) is 9.62. The number of para-hydroxylation sites is 1. The fourth-order valence-electron chi connectivity index (χ4n) is 6.30. The van der Waals surface area contributed by atoms with E-state index in [0.29, 0.717) is 6.42 Å². The Hall–Kier alpha value is -2.58. The number of carbonyl (C=O) groups excluding carboxylic acids is 3. The molecule has 0 radical (unpaired) electrons. The number of amides is 2. The zero-order chi connectivity index (χ0) is 22.9. The molecule has 174 valence electrons. The number of benzene rings is 1. The standard InChI is InChI=1S/C23H27F3N2O4/c24-23(25,26)17-3-1-2-4-18(17)28-20(30)13-32-21(31)12-27-19(29)11-22-8-14-5-15(9-22)7-16(6-14)10-22/h1-4,14-16H,5-13H2,(H,27,29)(H,28,30). The number of esters is 1. The molecule has 2 N–H and O–H groups in total. The van der Waals surface area contributed by atoms with E-state index in [2.05, 4.69) is 10.6 Å². The van der Waals surface area contributed by atoms with Gasteiger partial charge in [0.25, 0.3) is 5.91 Å². The molecule has 2 amide bonds. The van der Waals surface area contributed by atoms with Crippen molar-refractivity contribution in [3.63, 3.8) is 0 Å². The van der Waals surface area contributed by atoms with Crippen LogP contribution in [-0.4, -0.2) is 30.9 Å². The van der Waals surface area contributed by atoms with Crippen molar-refractivity contribution in [2.75, 3.05) is 18.5 Å². The average Bonchev–Trinajstić information content (AvgIpc) is 2.69. The summed E-state index contributed by atoms with van der Waals surface area (Å²) in [4.78, 5) is 36.2. The maximum absolute atomic E-state index is 13.0. The number of halogens is 3. The maximum atomic E-state index is 13.0. The number of hydrogen-bond donors (Lipinski definition) is 2. The van der Waals surface area contributed by atoms with Crippen LogP contribution in [0.25, 0.3) is 0 Å². The predicted octanol–water partition coefficient (Wildman–Crippen LogP) is 3.91. The van der Waals surface area contributed by atoms with Crippen LogP contribution in [-0.2, 0) is 25.3 Å². The number of rotatable bonds is 7. The predicted molar refractivity (Wildman–Crippen MR) is 109 cm³/mol. The fourth-order valence-corrected chi connectivity index (χ4v) is 6.30.